The number of halogens is 1. The second-order valence-electron chi connectivity index (χ2n) is 5.86. The van der Waals surface area contributed by atoms with Gasteiger partial charge < -0.3 is 5.73 Å². The van der Waals surface area contributed by atoms with Crippen molar-refractivity contribution in [3.63, 3.8) is 0 Å². The molecule has 2 nitrogen and oxygen atoms in total. The molecule has 2 rings (SSSR count). The summed E-state index contributed by atoms with van der Waals surface area (Å²) in [6, 6.07) is 0.867. The zero-order valence-electron chi connectivity index (χ0n) is 10.0. The first-order valence-corrected chi connectivity index (χ1v) is 6.09. The highest BCUT2D eigenvalue weighted by Gasteiger charge is 2.36. The first kappa shape index (κ1) is 13.3. The van der Waals surface area contributed by atoms with Crippen LogP contribution in [-0.2, 0) is 0 Å². The van der Waals surface area contributed by atoms with E-state index in [1.165, 1.54) is 38.6 Å². The molecule has 0 radical (unpaired) electrons. The molecule has 1 aliphatic heterocycles. The van der Waals surface area contributed by atoms with Crippen molar-refractivity contribution in [2.75, 3.05) is 13.1 Å². The van der Waals surface area contributed by atoms with Gasteiger partial charge in [0.1, 0.15) is 0 Å². The lowest BCUT2D eigenvalue weighted by molar-refractivity contribution is 0.157. The second-order valence-corrected chi connectivity index (χ2v) is 5.86. The third-order valence-electron chi connectivity index (χ3n) is 3.74. The largest absolute Gasteiger partial charge is 0.324 e. The normalized spacial score (nSPS) is 32.2. The van der Waals surface area contributed by atoms with Crippen LogP contribution in [0, 0.1) is 5.92 Å². The van der Waals surface area contributed by atoms with Crippen LogP contribution < -0.4 is 5.73 Å². The molecule has 2 atom stereocenters. The maximum Gasteiger partial charge on any atom is 0.0226 e. The fourth-order valence-electron chi connectivity index (χ4n) is 3.22. The first-order chi connectivity index (χ1) is 6.56. The first-order valence-electron chi connectivity index (χ1n) is 6.09. The van der Waals surface area contributed by atoms with Gasteiger partial charge in [0.2, 0.25) is 0 Å². The molecule has 2 fully saturated rings. The number of fused-ring (bicyclic) bond motifs is 1. The van der Waals surface area contributed by atoms with E-state index in [2.05, 4.69) is 18.7 Å². The predicted octanol–water partition coefficient (Wildman–Crippen LogP) is 2.41. The Hall–Kier alpha value is 0.210. The molecule has 1 saturated heterocycles. The molecule has 0 spiro atoms. The fraction of sp³-hybridized carbons (Fsp3) is 1.00. The smallest absolute Gasteiger partial charge is 0.0226 e. The van der Waals surface area contributed by atoms with Crippen LogP contribution in [-0.4, -0.2) is 29.6 Å². The highest BCUT2D eigenvalue weighted by atomic mass is 35.5. The van der Waals surface area contributed by atoms with Crippen LogP contribution in [0.2, 0.25) is 0 Å². The van der Waals surface area contributed by atoms with Gasteiger partial charge in [-0.1, -0.05) is 12.8 Å². The van der Waals surface area contributed by atoms with Crippen molar-refractivity contribution in [1.82, 2.24) is 4.90 Å². The summed E-state index contributed by atoms with van der Waals surface area (Å²) in [4.78, 5) is 2.64. The molecule has 2 N–H and O–H groups in total. The minimum Gasteiger partial charge on any atom is -0.324 e. The summed E-state index contributed by atoms with van der Waals surface area (Å²) >= 11 is 0. The Morgan fingerprint density at radius 3 is 2.53 bits per heavy atom. The van der Waals surface area contributed by atoms with E-state index < -0.39 is 0 Å². The van der Waals surface area contributed by atoms with Gasteiger partial charge in [-0.2, -0.15) is 0 Å². The van der Waals surface area contributed by atoms with E-state index >= 15 is 0 Å². The van der Waals surface area contributed by atoms with Crippen LogP contribution >= 0.6 is 12.4 Å². The summed E-state index contributed by atoms with van der Waals surface area (Å²) in [6.07, 6.45) is 7.19. The molecule has 15 heavy (non-hydrogen) atoms. The van der Waals surface area contributed by atoms with Gasteiger partial charge in [0, 0.05) is 18.1 Å². The van der Waals surface area contributed by atoms with E-state index in [4.69, 9.17) is 5.73 Å². The quantitative estimate of drug-likeness (QED) is 0.793. The Bertz CT molecular complexity index is 200. The zero-order valence-corrected chi connectivity index (χ0v) is 10.9. The Morgan fingerprint density at radius 2 is 1.87 bits per heavy atom. The third-order valence-corrected chi connectivity index (χ3v) is 3.74. The molecule has 2 aliphatic rings. The SMILES string of the molecule is CC(C)(N)CN1CC[C@H]2CCCC[C@H]21.Cl. The number of nitrogens with two attached hydrogens (primary N) is 1. The van der Waals surface area contributed by atoms with Gasteiger partial charge in [0.05, 0.1) is 0 Å². The van der Waals surface area contributed by atoms with Crippen LogP contribution in [0.4, 0.5) is 0 Å². The van der Waals surface area contributed by atoms with Crippen LogP contribution in [0.15, 0.2) is 0 Å². The standard InChI is InChI=1S/C12H24N2.ClH/c1-12(2,13)9-14-8-7-10-5-3-4-6-11(10)14;/h10-11H,3-9,13H2,1-2H3;1H/t10-,11-;/m1./s1. The minimum absolute atomic E-state index is 0. The van der Waals surface area contributed by atoms with Crippen molar-refractivity contribution < 1.29 is 0 Å². The molecule has 0 bridgehead atoms. The Labute approximate surface area is 100.0 Å². The number of hydrogen-bond donors (Lipinski definition) is 1. The maximum atomic E-state index is 6.10. The monoisotopic (exact) mass is 232 g/mol. The lowest BCUT2D eigenvalue weighted by atomic mass is 9.85. The molecule has 0 amide bonds. The second kappa shape index (κ2) is 5.03. The molecule has 0 unspecified atom stereocenters. The van der Waals surface area contributed by atoms with Gasteiger partial charge in [-0.3, -0.25) is 4.90 Å². The molecular formula is C12H25ClN2. The van der Waals surface area contributed by atoms with Crippen molar-refractivity contribution in [3.05, 3.63) is 0 Å². The molecule has 0 aromatic heterocycles. The summed E-state index contributed by atoms with van der Waals surface area (Å²) < 4.78 is 0. The highest BCUT2D eigenvalue weighted by Crippen LogP contribution is 2.36. The molecule has 1 heterocycles. The lowest BCUT2D eigenvalue weighted by Gasteiger charge is -2.35. The van der Waals surface area contributed by atoms with Crippen LogP contribution in [0.5, 0.6) is 0 Å². The number of nitrogens with zero attached hydrogens (tertiary/aromatic N) is 1. The van der Waals surface area contributed by atoms with Crippen LogP contribution in [0.25, 0.3) is 0 Å². The average molecular weight is 233 g/mol. The molecule has 0 aromatic carbocycles. The molecule has 1 aliphatic carbocycles. The Balaban J connectivity index is 0.00000112. The number of rotatable bonds is 2. The Morgan fingerprint density at radius 1 is 1.20 bits per heavy atom. The zero-order chi connectivity index (χ0) is 10.2. The van der Waals surface area contributed by atoms with E-state index in [1.54, 1.807) is 0 Å². The van der Waals surface area contributed by atoms with Crippen LogP contribution in [0.3, 0.4) is 0 Å². The predicted molar refractivity (Wildman–Crippen MR) is 67.5 cm³/mol. The summed E-state index contributed by atoms with van der Waals surface area (Å²) in [5, 5.41) is 0. The number of likely N-dealkylation sites (tertiary alicyclic amines) is 1. The van der Waals surface area contributed by atoms with Gasteiger partial charge >= 0.3 is 0 Å². The van der Waals surface area contributed by atoms with Gasteiger partial charge in [-0.05, 0) is 45.6 Å². The van der Waals surface area contributed by atoms with E-state index in [0.29, 0.717) is 0 Å². The summed E-state index contributed by atoms with van der Waals surface area (Å²) in [5.74, 6) is 0.992. The van der Waals surface area contributed by atoms with Crippen molar-refractivity contribution in [3.8, 4) is 0 Å². The molecule has 90 valence electrons. The number of hydrogen-bond acceptors (Lipinski definition) is 2. The van der Waals surface area contributed by atoms with Crippen molar-refractivity contribution in [1.29, 1.82) is 0 Å². The van der Waals surface area contributed by atoms with E-state index in [1.807, 2.05) is 0 Å². The minimum atomic E-state index is -0.0215. The van der Waals surface area contributed by atoms with Gasteiger partial charge in [0.25, 0.3) is 0 Å². The molecular weight excluding hydrogens is 208 g/mol. The van der Waals surface area contributed by atoms with E-state index in [-0.39, 0.29) is 17.9 Å². The van der Waals surface area contributed by atoms with Gasteiger partial charge in [0.15, 0.2) is 0 Å². The van der Waals surface area contributed by atoms with E-state index in [9.17, 15) is 0 Å². The van der Waals surface area contributed by atoms with Crippen LogP contribution in [0.1, 0.15) is 46.0 Å². The van der Waals surface area contributed by atoms with Crippen molar-refractivity contribution in [2.45, 2.75) is 57.5 Å². The highest BCUT2D eigenvalue weighted by molar-refractivity contribution is 5.85. The Kier molecular flexibility index (Phi) is 4.45. The fourth-order valence-corrected chi connectivity index (χ4v) is 3.22. The maximum absolute atomic E-state index is 6.10. The van der Waals surface area contributed by atoms with Gasteiger partial charge in [-0.15, -0.1) is 12.4 Å². The van der Waals surface area contributed by atoms with Gasteiger partial charge in [-0.25, -0.2) is 0 Å². The van der Waals surface area contributed by atoms with Crippen molar-refractivity contribution >= 4 is 12.4 Å². The molecule has 0 aromatic rings. The van der Waals surface area contributed by atoms with Crippen molar-refractivity contribution in [2.24, 2.45) is 11.7 Å². The molecule has 3 heteroatoms. The lowest BCUT2D eigenvalue weighted by Crippen LogP contribution is -2.48. The average Bonchev–Trinajstić information content (AvgIpc) is 2.47. The topological polar surface area (TPSA) is 29.3 Å². The van der Waals surface area contributed by atoms with E-state index in [0.717, 1.165) is 18.5 Å². The summed E-state index contributed by atoms with van der Waals surface area (Å²) in [5.41, 5.74) is 6.07. The molecule has 1 saturated carbocycles. The summed E-state index contributed by atoms with van der Waals surface area (Å²) in [6.45, 7) is 6.65. The summed E-state index contributed by atoms with van der Waals surface area (Å²) in [7, 11) is 0. The third kappa shape index (κ3) is 3.33.